The summed E-state index contributed by atoms with van der Waals surface area (Å²) in [6, 6.07) is 17.8. The molecule has 0 bridgehead atoms. The molecule has 10 rings (SSSR count). The number of aryl methyl sites for hydroxylation is 1. The summed E-state index contributed by atoms with van der Waals surface area (Å²) in [7, 11) is -3.41. The lowest BCUT2D eigenvalue weighted by molar-refractivity contribution is -0.156. The Morgan fingerprint density at radius 2 is 1.70 bits per heavy atom. The fourth-order valence-corrected chi connectivity index (χ4v) is 13.3. The van der Waals surface area contributed by atoms with Gasteiger partial charge in [-0.2, -0.15) is 0 Å². The molecule has 0 saturated carbocycles. The molecule has 23 heteroatoms. The number of hydrogen-bond donors (Lipinski definition) is 4. The van der Waals surface area contributed by atoms with Gasteiger partial charge in [0.05, 0.1) is 35.2 Å². The Labute approximate surface area is 447 Å². The highest BCUT2D eigenvalue weighted by Gasteiger charge is 2.50. The van der Waals surface area contributed by atoms with Crippen molar-refractivity contribution in [2.45, 2.75) is 95.7 Å². The molecule has 5 saturated heterocycles. The number of ether oxygens (including phenoxy) is 2. The van der Waals surface area contributed by atoms with Gasteiger partial charge in [0, 0.05) is 62.9 Å². The van der Waals surface area contributed by atoms with Crippen molar-refractivity contribution in [2.24, 2.45) is 17.9 Å². The number of alkyl halides is 1. The van der Waals surface area contributed by atoms with Crippen molar-refractivity contribution in [2.75, 3.05) is 59.0 Å². The molecule has 2 aromatic heterocycles. The van der Waals surface area contributed by atoms with Gasteiger partial charge >= 0.3 is 13.3 Å². The normalized spacial score (nSPS) is 24.3. The van der Waals surface area contributed by atoms with Crippen LogP contribution in [0.15, 0.2) is 77.6 Å². The number of piperidine rings is 1. The average molecular weight is 1100 g/mol. The van der Waals surface area contributed by atoms with Crippen LogP contribution in [-0.4, -0.2) is 151 Å². The van der Waals surface area contributed by atoms with Crippen molar-refractivity contribution in [1.82, 2.24) is 39.4 Å². The zero-order valence-corrected chi connectivity index (χ0v) is 45.1. The summed E-state index contributed by atoms with van der Waals surface area (Å²) in [6.07, 6.45) is 1.05. The molecule has 1 spiro atoms. The fourth-order valence-electron chi connectivity index (χ4n) is 11.8. The molecule has 0 radical (unpaired) electrons. The first-order chi connectivity index (χ1) is 36.6. The SMILES string of the molecule is Cn1c(=O)n(C2CCC(=O)NC2=O)c2ccc(CN3CC[C@]4(CCN(C(=O)CO[C@@H]5CCN(C(=O)[C@@H](NC(=O)c6cc7cc(C(F)P(=O)(O)O)ccc7s6)C(C)(C)C)[C@@H]5C(=O)N5CCO[C@H](c6ccccc6)C5)C4)C3)cc21. The summed E-state index contributed by atoms with van der Waals surface area (Å²) < 4.78 is 42.4. The van der Waals surface area contributed by atoms with E-state index in [1.54, 1.807) is 32.7 Å². The third-order valence-corrected chi connectivity index (χ3v) is 18.0. The van der Waals surface area contributed by atoms with Gasteiger partial charge in [-0.3, -0.25) is 52.7 Å². The molecule has 4 N–H and O–H groups in total. The minimum absolute atomic E-state index is 0.107. The number of morpholine rings is 1. The Hall–Kier alpha value is -6.13. The van der Waals surface area contributed by atoms with Crippen LogP contribution in [0.5, 0.6) is 0 Å². The van der Waals surface area contributed by atoms with Crippen LogP contribution in [0.25, 0.3) is 21.1 Å². The Morgan fingerprint density at radius 1 is 0.935 bits per heavy atom. The van der Waals surface area contributed by atoms with Gasteiger partial charge in [0.15, 0.2) is 0 Å². The minimum Gasteiger partial charge on any atom is -0.370 e. The monoisotopic (exact) mass is 1100 g/mol. The Balaban J connectivity index is 0.816. The Bertz CT molecular complexity index is 3260. The lowest BCUT2D eigenvalue weighted by Crippen LogP contribution is -2.60. The van der Waals surface area contributed by atoms with Crippen molar-refractivity contribution in [1.29, 1.82) is 0 Å². The van der Waals surface area contributed by atoms with Crippen molar-refractivity contribution in [3.63, 3.8) is 0 Å². The molecule has 0 aliphatic carbocycles. The maximum atomic E-state index is 15.0. The maximum Gasteiger partial charge on any atom is 0.363 e. The molecular weight excluding hydrogens is 1030 g/mol. The van der Waals surface area contributed by atoms with Crippen LogP contribution in [-0.2, 0) is 51.6 Å². The number of nitrogens with one attached hydrogen (secondary N) is 2. The van der Waals surface area contributed by atoms with E-state index in [0.29, 0.717) is 40.8 Å². The lowest BCUT2D eigenvalue weighted by atomic mass is 9.85. The van der Waals surface area contributed by atoms with E-state index >= 15 is 4.79 Å². The summed E-state index contributed by atoms with van der Waals surface area (Å²) >= 11 is 1.07. The number of aromatic nitrogens is 2. The van der Waals surface area contributed by atoms with E-state index in [-0.39, 0.29) is 91.4 Å². The molecule has 5 aliphatic rings. The second-order valence-corrected chi connectivity index (χ2v) is 25.0. The summed E-state index contributed by atoms with van der Waals surface area (Å²) in [6.45, 7) is 9.14. The molecule has 2 unspecified atom stereocenters. The minimum atomic E-state index is -5.08. The first-order valence-corrected chi connectivity index (χ1v) is 28.5. The second kappa shape index (κ2) is 21.3. The van der Waals surface area contributed by atoms with E-state index in [9.17, 15) is 47.5 Å². The fraction of sp³-hybridized carbons (Fsp3) is 0.500. The molecule has 77 heavy (non-hydrogen) atoms. The van der Waals surface area contributed by atoms with Crippen LogP contribution in [0.1, 0.15) is 97.3 Å². The number of benzene rings is 3. The van der Waals surface area contributed by atoms with Gasteiger partial charge in [-0.25, -0.2) is 9.18 Å². The van der Waals surface area contributed by atoms with Crippen molar-refractivity contribution < 1.29 is 57.0 Å². The first-order valence-electron chi connectivity index (χ1n) is 26.0. The molecular formula is C54H64FN8O12PS. The molecule has 3 aromatic carbocycles. The number of imide groups is 1. The van der Waals surface area contributed by atoms with Crippen molar-refractivity contribution in [3.8, 4) is 0 Å². The summed E-state index contributed by atoms with van der Waals surface area (Å²) in [5, 5.41) is 5.65. The number of carbonyl (C=O) groups excluding carboxylic acids is 6. The van der Waals surface area contributed by atoms with Crippen molar-refractivity contribution in [3.05, 3.63) is 105 Å². The highest BCUT2D eigenvalue weighted by molar-refractivity contribution is 7.51. The number of fused-ring (bicyclic) bond motifs is 2. The zero-order valence-electron chi connectivity index (χ0n) is 43.4. The van der Waals surface area contributed by atoms with Gasteiger partial charge in [0.2, 0.25) is 35.4 Å². The lowest BCUT2D eigenvalue weighted by Gasteiger charge is -2.39. The van der Waals surface area contributed by atoms with E-state index in [2.05, 4.69) is 15.5 Å². The van der Waals surface area contributed by atoms with Crippen LogP contribution in [0.4, 0.5) is 4.39 Å². The number of amides is 6. The predicted octanol–water partition coefficient (Wildman–Crippen LogP) is 4.53. The molecule has 5 aliphatic heterocycles. The molecule has 20 nitrogen and oxygen atoms in total. The van der Waals surface area contributed by atoms with Crippen LogP contribution in [0.2, 0.25) is 0 Å². The molecule has 410 valence electrons. The summed E-state index contributed by atoms with van der Waals surface area (Å²) in [4.78, 5) is 122. The van der Waals surface area contributed by atoms with Crippen molar-refractivity contribution >= 4 is 75.5 Å². The van der Waals surface area contributed by atoms with Gasteiger partial charge in [0.1, 0.15) is 30.8 Å². The van der Waals surface area contributed by atoms with E-state index in [1.165, 1.54) is 38.3 Å². The maximum absolute atomic E-state index is 15.0. The summed E-state index contributed by atoms with van der Waals surface area (Å²) in [5.41, 5.74) is 1.62. The average Bonchev–Trinajstić information content (AvgIpc) is 4.31. The van der Waals surface area contributed by atoms with Gasteiger partial charge in [-0.05, 0) is 90.1 Å². The topological polar surface area (TPSA) is 242 Å². The number of likely N-dealkylation sites (tertiary alicyclic amines) is 3. The molecule has 5 fully saturated rings. The van der Waals surface area contributed by atoms with Crippen LogP contribution >= 0.6 is 18.9 Å². The molecule has 6 amide bonds. The smallest absolute Gasteiger partial charge is 0.363 e. The van der Waals surface area contributed by atoms with Gasteiger partial charge in [-0.15, -0.1) is 11.3 Å². The molecule has 7 atom stereocenters. The third-order valence-electron chi connectivity index (χ3n) is 16.0. The number of thiophene rings is 1. The number of imidazole rings is 1. The van der Waals surface area contributed by atoms with E-state index in [1.807, 2.05) is 53.4 Å². The first kappa shape index (κ1) is 54.2. The van der Waals surface area contributed by atoms with Gasteiger partial charge in [0.25, 0.3) is 5.91 Å². The standard InChI is InChI=1S/C54H64FN8O12PS/c1-53(2,3)46(57-49(67)42-26-35-25-34(11-14-41(35)77-42)47(55)76(71,72)73)51(69)62-19-16-39(45(62)50(68)60-22-23-74-40(28-60)33-8-6-5-7-9-33)75-29-44(65)61-21-18-54(31-61)17-20-59(30-54)27-32-10-12-36-38(24-32)58(4)52(70)63(36)37-13-15-43(64)56-48(37)66/h5-12,14,24-26,37,39-40,45-47H,13,15-23,27-31H2,1-4H3,(H,57,67)(H,56,64,66)(H2,71,72,73)/t37?,39-,40+,45+,46-,47?,54+/m1/s1. The number of nitrogens with zero attached hydrogens (tertiary/aromatic N) is 6. The van der Waals surface area contributed by atoms with Crippen LogP contribution < -0.4 is 16.3 Å². The van der Waals surface area contributed by atoms with Gasteiger partial charge in [-0.1, -0.05) is 63.2 Å². The Morgan fingerprint density at radius 3 is 2.44 bits per heavy atom. The van der Waals surface area contributed by atoms with Gasteiger partial charge < -0.3 is 39.3 Å². The number of carbonyl (C=O) groups is 6. The second-order valence-electron chi connectivity index (χ2n) is 22.3. The summed E-state index contributed by atoms with van der Waals surface area (Å²) in [5.74, 6) is -5.07. The zero-order chi connectivity index (χ0) is 54.7. The molecule has 7 heterocycles. The number of hydrogen-bond acceptors (Lipinski definition) is 12. The highest BCUT2D eigenvalue weighted by atomic mass is 32.1. The number of halogens is 1. The van der Waals surface area contributed by atoms with Crippen LogP contribution in [0, 0.1) is 10.8 Å². The molecule has 5 aromatic rings. The number of rotatable bonds is 13. The quantitative estimate of drug-likeness (QED) is 0.0937. The van der Waals surface area contributed by atoms with Crippen LogP contribution in [0.3, 0.4) is 0 Å². The van der Waals surface area contributed by atoms with E-state index in [4.69, 9.17) is 9.47 Å². The largest absolute Gasteiger partial charge is 0.370 e. The van der Waals surface area contributed by atoms with E-state index < -0.39 is 67.0 Å². The van der Waals surface area contributed by atoms with E-state index in [0.717, 1.165) is 48.4 Å². The highest BCUT2D eigenvalue weighted by Crippen LogP contribution is 2.53. The third kappa shape index (κ3) is 11.0. The Kier molecular flexibility index (Phi) is 15.0. The predicted molar refractivity (Wildman–Crippen MR) is 282 cm³/mol.